The molecule has 0 aromatic carbocycles. The van der Waals surface area contributed by atoms with Gasteiger partial charge < -0.3 is 10.2 Å². The van der Waals surface area contributed by atoms with Gasteiger partial charge in [-0.1, -0.05) is 0 Å². The number of pyridine rings is 1. The minimum absolute atomic E-state index is 0.00672. The number of aromatic nitrogens is 1. The Kier molecular flexibility index (Phi) is 5.26. The van der Waals surface area contributed by atoms with Gasteiger partial charge in [0.1, 0.15) is 12.0 Å². The number of carbonyl (C=O) groups excluding carboxylic acids is 1. The van der Waals surface area contributed by atoms with E-state index in [2.05, 4.69) is 20.1 Å². The molecule has 1 aromatic heterocycles. The Morgan fingerprint density at radius 3 is 2.55 bits per heavy atom. The van der Waals surface area contributed by atoms with Gasteiger partial charge in [0.05, 0.1) is 11.5 Å². The van der Waals surface area contributed by atoms with Crippen molar-refractivity contribution in [2.75, 3.05) is 37.6 Å². The number of carbonyl (C=O) groups is 1. The average Bonchev–Trinajstić information content (AvgIpc) is 2.47. The predicted octanol–water partition coefficient (Wildman–Crippen LogP) is 0.636. The minimum atomic E-state index is -0.456. The van der Waals surface area contributed by atoms with Crippen molar-refractivity contribution >= 4 is 17.4 Å². The Hall–Kier alpha value is -2.22. The fourth-order valence-electron chi connectivity index (χ4n) is 2.38. The number of nitrogens with zero attached hydrogens (tertiary/aromatic N) is 4. The number of piperazine rings is 1. The van der Waals surface area contributed by atoms with E-state index in [1.54, 1.807) is 6.07 Å². The van der Waals surface area contributed by atoms with Crippen molar-refractivity contribution in [1.82, 2.24) is 15.2 Å². The molecule has 2 rings (SSSR count). The van der Waals surface area contributed by atoms with Crippen molar-refractivity contribution in [3.05, 3.63) is 28.4 Å². The molecule has 8 heteroatoms. The number of nitrogens with one attached hydrogen (secondary N) is 1. The van der Waals surface area contributed by atoms with E-state index in [-0.39, 0.29) is 17.6 Å². The topological polar surface area (TPSA) is 91.6 Å². The third kappa shape index (κ3) is 4.39. The largest absolute Gasteiger partial charge is 0.354 e. The van der Waals surface area contributed by atoms with E-state index in [0.29, 0.717) is 6.54 Å². The van der Waals surface area contributed by atoms with E-state index in [4.69, 9.17) is 0 Å². The maximum atomic E-state index is 11.7. The highest BCUT2D eigenvalue weighted by Crippen LogP contribution is 2.17. The lowest BCUT2D eigenvalue weighted by Gasteiger charge is -2.35. The smallest absolute Gasteiger partial charge is 0.287 e. The highest BCUT2D eigenvalue weighted by Gasteiger charge is 2.20. The lowest BCUT2D eigenvalue weighted by Crippen LogP contribution is -2.50. The van der Waals surface area contributed by atoms with Crippen LogP contribution in [-0.4, -0.2) is 59.5 Å². The number of anilines is 1. The fraction of sp³-hybridized carbons (Fsp3) is 0.571. The highest BCUT2D eigenvalue weighted by atomic mass is 16.6. The molecule has 0 saturated carbocycles. The number of nitro groups is 1. The highest BCUT2D eigenvalue weighted by molar-refractivity contribution is 5.78. The summed E-state index contributed by atoms with van der Waals surface area (Å²) in [5, 5.41) is 13.5. The number of hydrogen-bond donors (Lipinski definition) is 1. The van der Waals surface area contributed by atoms with Gasteiger partial charge in [0, 0.05) is 38.3 Å². The summed E-state index contributed by atoms with van der Waals surface area (Å²) in [6.07, 6.45) is 1.28. The molecule has 0 radical (unpaired) electrons. The lowest BCUT2D eigenvalue weighted by molar-refractivity contribution is -0.385. The van der Waals surface area contributed by atoms with Gasteiger partial charge in [-0.2, -0.15) is 0 Å². The van der Waals surface area contributed by atoms with Gasteiger partial charge in [-0.3, -0.25) is 19.8 Å². The molecule has 1 aliphatic rings. The molecule has 0 spiro atoms. The van der Waals surface area contributed by atoms with Crippen molar-refractivity contribution in [1.29, 1.82) is 0 Å². The summed E-state index contributed by atoms with van der Waals surface area (Å²) in [7, 11) is 0. The Bertz CT molecular complexity index is 524. The molecule has 1 aromatic rings. The van der Waals surface area contributed by atoms with Crippen LogP contribution >= 0.6 is 0 Å². The zero-order valence-electron chi connectivity index (χ0n) is 12.9. The van der Waals surface area contributed by atoms with E-state index in [1.807, 2.05) is 13.8 Å². The Morgan fingerprint density at radius 1 is 1.36 bits per heavy atom. The van der Waals surface area contributed by atoms with Gasteiger partial charge in [0.2, 0.25) is 5.91 Å². The van der Waals surface area contributed by atoms with Crippen LogP contribution in [-0.2, 0) is 4.79 Å². The summed E-state index contributed by atoms with van der Waals surface area (Å²) in [5.41, 5.74) is -0.00672. The van der Waals surface area contributed by atoms with Crippen molar-refractivity contribution < 1.29 is 9.72 Å². The Balaban J connectivity index is 1.84. The Morgan fingerprint density at radius 2 is 2.05 bits per heavy atom. The van der Waals surface area contributed by atoms with E-state index in [9.17, 15) is 14.9 Å². The van der Waals surface area contributed by atoms with E-state index in [0.717, 1.165) is 32.0 Å². The van der Waals surface area contributed by atoms with Crippen LogP contribution in [0.15, 0.2) is 18.3 Å². The third-order valence-corrected chi connectivity index (χ3v) is 3.46. The van der Waals surface area contributed by atoms with Crippen molar-refractivity contribution in [3.8, 4) is 0 Å². The molecule has 0 aliphatic carbocycles. The van der Waals surface area contributed by atoms with Crippen LogP contribution in [0.5, 0.6) is 0 Å². The van der Waals surface area contributed by atoms with Gasteiger partial charge in [-0.25, -0.2) is 4.98 Å². The Labute approximate surface area is 129 Å². The normalized spacial score (nSPS) is 15.9. The van der Waals surface area contributed by atoms with Gasteiger partial charge >= 0.3 is 0 Å². The second-order valence-electron chi connectivity index (χ2n) is 5.62. The molecule has 0 bridgehead atoms. The van der Waals surface area contributed by atoms with Crippen LogP contribution in [0.25, 0.3) is 0 Å². The van der Waals surface area contributed by atoms with Crippen LogP contribution in [0.3, 0.4) is 0 Å². The first kappa shape index (κ1) is 16.2. The molecule has 1 N–H and O–H groups in total. The fourth-order valence-corrected chi connectivity index (χ4v) is 2.38. The maximum Gasteiger partial charge on any atom is 0.287 e. The van der Waals surface area contributed by atoms with Gasteiger partial charge in [0.25, 0.3) is 5.69 Å². The van der Waals surface area contributed by atoms with Crippen molar-refractivity contribution in [3.63, 3.8) is 0 Å². The van der Waals surface area contributed by atoms with Crippen LogP contribution in [0.1, 0.15) is 13.8 Å². The van der Waals surface area contributed by atoms with E-state index >= 15 is 0 Å². The average molecular weight is 307 g/mol. The molecule has 8 nitrogen and oxygen atoms in total. The quantitative estimate of drug-likeness (QED) is 0.634. The van der Waals surface area contributed by atoms with Crippen molar-refractivity contribution in [2.45, 2.75) is 19.9 Å². The number of hydrogen-bond acceptors (Lipinski definition) is 6. The van der Waals surface area contributed by atoms with Gasteiger partial charge in [0.15, 0.2) is 0 Å². The second-order valence-corrected chi connectivity index (χ2v) is 5.62. The first-order chi connectivity index (χ1) is 10.5. The summed E-state index contributed by atoms with van der Waals surface area (Å²) in [5.74, 6) is 0.772. The summed E-state index contributed by atoms with van der Waals surface area (Å²) in [4.78, 5) is 30.2. The van der Waals surface area contributed by atoms with Crippen LogP contribution in [0.4, 0.5) is 11.5 Å². The molecule has 1 fully saturated rings. The SMILES string of the molecule is CC(C)NC(=O)CN1CCN(c2ccc([N+](=O)[O-])cn2)CC1. The van der Waals surface area contributed by atoms with Crippen LogP contribution < -0.4 is 10.2 Å². The lowest BCUT2D eigenvalue weighted by atomic mass is 10.3. The molecular formula is C14H21N5O3. The van der Waals surface area contributed by atoms with Gasteiger partial charge in [-0.05, 0) is 19.9 Å². The molecule has 1 saturated heterocycles. The summed E-state index contributed by atoms with van der Waals surface area (Å²) >= 11 is 0. The monoisotopic (exact) mass is 307 g/mol. The zero-order chi connectivity index (χ0) is 16.1. The number of amides is 1. The first-order valence-electron chi connectivity index (χ1n) is 7.33. The third-order valence-electron chi connectivity index (χ3n) is 3.46. The van der Waals surface area contributed by atoms with Crippen molar-refractivity contribution in [2.24, 2.45) is 0 Å². The van der Waals surface area contributed by atoms with Crippen LogP contribution in [0.2, 0.25) is 0 Å². The second kappa shape index (κ2) is 7.17. The molecule has 0 atom stereocenters. The molecule has 1 aliphatic heterocycles. The summed E-state index contributed by atoms with van der Waals surface area (Å²) in [6.45, 7) is 7.32. The van der Waals surface area contributed by atoms with Crippen LogP contribution in [0, 0.1) is 10.1 Å². The zero-order valence-corrected chi connectivity index (χ0v) is 12.9. The summed E-state index contributed by atoms with van der Waals surface area (Å²) < 4.78 is 0. The minimum Gasteiger partial charge on any atom is -0.354 e. The predicted molar refractivity (Wildman–Crippen MR) is 82.8 cm³/mol. The molecule has 1 amide bonds. The van der Waals surface area contributed by atoms with E-state index < -0.39 is 4.92 Å². The molecule has 22 heavy (non-hydrogen) atoms. The first-order valence-corrected chi connectivity index (χ1v) is 7.33. The molecule has 120 valence electrons. The number of rotatable bonds is 5. The van der Waals surface area contributed by atoms with E-state index in [1.165, 1.54) is 12.3 Å². The maximum absolute atomic E-state index is 11.7. The molecular weight excluding hydrogens is 286 g/mol. The summed E-state index contributed by atoms with van der Waals surface area (Å²) in [6, 6.07) is 3.28. The molecule has 0 unspecified atom stereocenters. The standard InChI is InChI=1S/C14H21N5O3/c1-11(2)16-14(20)10-17-5-7-18(8-6-17)13-4-3-12(9-15-13)19(21)22/h3-4,9,11H,5-8,10H2,1-2H3,(H,16,20). The molecule has 2 heterocycles. The van der Waals surface area contributed by atoms with Gasteiger partial charge in [-0.15, -0.1) is 0 Å².